The molecule has 0 unspecified atom stereocenters. The van der Waals surface area contributed by atoms with Gasteiger partial charge in [0.25, 0.3) is 0 Å². The molecule has 0 saturated heterocycles. The molecule has 3 nitrogen and oxygen atoms in total. The standard InChI is InChI=1S/C17H29ClN2O/c1-13(2)15-12-16(18)14(3)11-17(15)21-10-8-19-7-6-9-20(4)5/h11-13,19H,6-10H2,1-5H3. The summed E-state index contributed by atoms with van der Waals surface area (Å²) in [5.41, 5.74) is 2.24. The molecule has 1 rings (SSSR count). The first-order chi connectivity index (χ1) is 9.91. The molecule has 1 aromatic carbocycles. The highest BCUT2D eigenvalue weighted by Gasteiger charge is 2.10. The Morgan fingerprint density at radius 3 is 2.57 bits per heavy atom. The predicted octanol–water partition coefficient (Wildman–Crippen LogP) is 3.69. The van der Waals surface area contributed by atoms with Crippen LogP contribution in [0.5, 0.6) is 5.75 Å². The average Bonchev–Trinajstić information content (AvgIpc) is 2.40. The van der Waals surface area contributed by atoms with E-state index in [1.807, 2.05) is 19.1 Å². The first kappa shape index (κ1) is 18.3. The summed E-state index contributed by atoms with van der Waals surface area (Å²) in [6.45, 7) is 10.0. The first-order valence-corrected chi connectivity index (χ1v) is 8.08. The summed E-state index contributed by atoms with van der Waals surface area (Å²) in [5.74, 6) is 1.37. The molecule has 21 heavy (non-hydrogen) atoms. The molecule has 0 spiro atoms. The van der Waals surface area contributed by atoms with E-state index in [0.29, 0.717) is 12.5 Å². The van der Waals surface area contributed by atoms with Crippen molar-refractivity contribution in [1.82, 2.24) is 10.2 Å². The molecular weight excluding hydrogens is 284 g/mol. The first-order valence-electron chi connectivity index (χ1n) is 7.70. The third-order valence-electron chi connectivity index (χ3n) is 3.41. The topological polar surface area (TPSA) is 24.5 Å². The van der Waals surface area contributed by atoms with Crippen molar-refractivity contribution >= 4 is 11.6 Å². The van der Waals surface area contributed by atoms with Gasteiger partial charge in [-0.1, -0.05) is 25.4 Å². The van der Waals surface area contributed by atoms with Gasteiger partial charge < -0.3 is 15.0 Å². The highest BCUT2D eigenvalue weighted by atomic mass is 35.5. The van der Waals surface area contributed by atoms with Crippen LogP contribution in [0, 0.1) is 6.92 Å². The Bertz CT molecular complexity index is 433. The quantitative estimate of drug-likeness (QED) is 0.704. The van der Waals surface area contributed by atoms with Crippen molar-refractivity contribution in [3.05, 3.63) is 28.3 Å². The number of benzene rings is 1. The lowest BCUT2D eigenvalue weighted by molar-refractivity contribution is 0.307. The molecule has 0 heterocycles. The van der Waals surface area contributed by atoms with E-state index >= 15 is 0 Å². The molecule has 0 atom stereocenters. The van der Waals surface area contributed by atoms with Gasteiger partial charge in [0, 0.05) is 11.6 Å². The molecule has 0 fully saturated rings. The minimum absolute atomic E-state index is 0.408. The van der Waals surface area contributed by atoms with Gasteiger partial charge in [-0.05, 0) is 69.7 Å². The smallest absolute Gasteiger partial charge is 0.123 e. The van der Waals surface area contributed by atoms with Crippen LogP contribution in [-0.4, -0.2) is 45.2 Å². The Morgan fingerprint density at radius 2 is 1.95 bits per heavy atom. The summed E-state index contributed by atoms with van der Waals surface area (Å²) in [4.78, 5) is 2.20. The van der Waals surface area contributed by atoms with Crippen molar-refractivity contribution in [3.8, 4) is 5.75 Å². The minimum Gasteiger partial charge on any atom is -0.492 e. The van der Waals surface area contributed by atoms with Crippen molar-refractivity contribution in [2.75, 3.05) is 40.3 Å². The molecule has 0 saturated carbocycles. The second kappa shape index (κ2) is 9.29. The molecule has 4 heteroatoms. The van der Waals surface area contributed by atoms with Gasteiger partial charge in [-0.15, -0.1) is 0 Å². The maximum atomic E-state index is 6.20. The largest absolute Gasteiger partial charge is 0.492 e. The number of halogens is 1. The SMILES string of the molecule is Cc1cc(OCCNCCCN(C)C)c(C(C)C)cc1Cl. The van der Waals surface area contributed by atoms with E-state index in [0.717, 1.165) is 42.4 Å². The zero-order valence-corrected chi connectivity index (χ0v) is 14.8. The fourth-order valence-electron chi connectivity index (χ4n) is 2.13. The number of ether oxygens (including phenoxy) is 1. The second-order valence-corrected chi connectivity index (χ2v) is 6.46. The lowest BCUT2D eigenvalue weighted by Gasteiger charge is -2.16. The van der Waals surface area contributed by atoms with Crippen molar-refractivity contribution in [2.45, 2.75) is 33.1 Å². The molecule has 0 aliphatic rings. The Kier molecular flexibility index (Phi) is 8.09. The van der Waals surface area contributed by atoms with E-state index in [2.05, 4.69) is 38.2 Å². The summed E-state index contributed by atoms with van der Waals surface area (Å²) < 4.78 is 5.93. The highest BCUT2D eigenvalue weighted by molar-refractivity contribution is 6.31. The van der Waals surface area contributed by atoms with E-state index in [-0.39, 0.29) is 0 Å². The van der Waals surface area contributed by atoms with Gasteiger partial charge in [0.1, 0.15) is 12.4 Å². The number of hydrogen-bond acceptors (Lipinski definition) is 3. The van der Waals surface area contributed by atoms with Crippen molar-refractivity contribution in [3.63, 3.8) is 0 Å². The monoisotopic (exact) mass is 312 g/mol. The van der Waals surface area contributed by atoms with Crippen molar-refractivity contribution < 1.29 is 4.74 Å². The lowest BCUT2D eigenvalue weighted by atomic mass is 10.0. The molecule has 0 aromatic heterocycles. The fraction of sp³-hybridized carbons (Fsp3) is 0.647. The van der Waals surface area contributed by atoms with Crippen LogP contribution in [0.15, 0.2) is 12.1 Å². The van der Waals surface area contributed by atoms with Crippen LogP contribution < -0.4 is 10.1 Å². The van der Waals surface area contributed by atoms with Crippen LogP contribution in [0.1, 0.15) is 37.3 Å². The zero-order valence-electron chi connectivity index (χ0n) is 14.0. The van der Waals surface area contributed by atoms with Crippen LogP contribution in [0.3, 0.4) is 0 Å². The van der Waals surface area contributed by atoms with Crippen LogP contribution in [0.25, 0.3) is 0 Å². The Balaban J connectivity index is 2.39. The van der Waals surface area contributed by atoms with E-state index in [9.17, 15) is 0 Å². The summed E-state index contributed by atoms with van der Waals surface area (Å²) in [7, 11) is 4.19. The molecular formula is C17H29ClN2O. The predicted molar refractivity (Wildman–Crippen MR) is 91.8 cm³/mol. The zero-order chi connectivity index (χ0) is 15.8. The number of rotatable bonds is 9. The van der Waals surface area contributed by atoms with Gasteiger partial charge >= 0.3 is 0 Å². The normalized spacial score (nSPS) is 11.4. The molecule has 0 aliphatic heterocycles. The number of aryl methyl sites for hydroxylation is 1. The third kappa shape index (κ3) is 6.68. The average molecular weight is 313 g/mol. The second-order valence-electron chi connectivity index (χ2n) is 6.05. The molecule has 0 bridgehead atoms. The summed E-state index contributed by atoms with van der Waals surface area (Å²) >= 11 is 6.20. The molecule has 120 valence electrons. The highest BCUT2D eigenvalue weighted by Crippen LogP contribution is 2.31. The van der Waals surface area contributed by atoms with Crippen LogP contribution in [0.4, 0.5) is 0 Å². The Labute approximate surface area is 134 Å². The van der Waals surface area contributed by atoms with Gasteiger partial charge in [0.05, 0.1) is 0 Å². The number of nitrogens with one attached hydrogen (secondary N) is 1. The van der Waals surface area contributed by atoms with E-state index < -0.39 is 0 Å². The summed E-state index contributed by atoms with van der Waals surface area (Å²) in [5, 5.41) is 4.22. The molecule has 0 amide bonds. The molecule has 0 radical (unpaired) electrons. The van der Waals surface area contributed by atoms with Gasteiger partial charge in [-0.3, -0.25) is 0 Å². The Hall–Kier alpha value is -0.770. The van der Waals surface area contributed by atoms with Gasteiger partial charge in [-0.2, -0.15) is 0 Å². The summed E-state index contributed by atoms with van der Waals surface area (Å²) in [6.07, 6.45) is 1.16. The molecule has 1 aromatic rings. The van der Waals surface area contributed by atoms with Crippen molar-refractivity contribution in [2.24, 2.45) is 0 Å². The van der Waals surface area contributed by atoms with E-state index in [4.69, 9.17) is 16.3 Å². The van der Waals surface area contributed by atoms with Gasteiger partial charge in [-0.25, -0.2) is 0 Å². The summed E-state index contributed by atoms with van der Waals surface area (Å²) in [6, 6.07) is 4.07. The van der Waals surface area contributed by atoms with Gasteiger partial charge in [0.15, 0.2) is 0 Å². The van der Waals surface area contributed by atoms with E-state index in [1.165, 1.54) is 5.56 Å². The fourth-order valence-corrected chi connectivity index (χ4v) is 2.30. The van der Waals surface area contributed by atoms with Crippen LogP contribution in [-0.2, 0) is 0 Å². The van der Waals surface area contributed by atoms with Gasteiger partial charge in [0.2, 0.25) is 0 Å². The minimum atomic E-state index is 0.408. The van der Waals surface area contributed by atoms with Crippen LogP contribution >= 0.6 is 11.6 Å². The maximum Gasteiger partial charge on any atom is 0.123 e. The Morgan fingerprint density at radius 1 is 1.24 bits per heavy atom. The number of hydrogen-bond donors (Lipinski definition) is 1. The number of nitrogens with zero attached hydrogens (tertiary/aromatic N) is 1. The molecule has 0 aliphatic carbocycles. The maximum absolute atomic E-state index is 6.20. The van der Waals surface area contributed by atoms with Crippen LogP contribution in [0.2, 0.25) is 5.02 Å². The molecule has 1 N–H and O–H groups in total. The lowest BCUT2D eigenvalue weighted by Crippen LogP contribution is -2.25. The van der Waals surface area contributed by atoms with Crippen molar-refractivity contribution in [1.29, 1.82) is 0 Å². The van der Waals surface area contributed by atoms with E-state index in [1.54, 1.807) is 0 Å². The third-order valence-corrected chi connectivity index (χ3v) is 3.82.